The summed E-state index contributed by atoms with van der Waals surface area (Å²) in [7, 11) is 0. The Labute approximate surface area is 123 Å². The second-order valence-electron chi connectivity index (χ2n) is 4.39. The van der Waals surface area contributed by atoms with E-state index < -0.39 is 0 Å². The minimum Gasteiger partial charge on any atom is -0.369 e. The van der Waals surface area contributed by atoms with E-state index in [1.165, 1.54) is 6.07 Å². The first-order chi connectivity index (χ1) is 9.06. The Morgan fingerprint density at radius 3 is 2.79 bits per heavy atom. The van der Waals surface area contributed by atoms with Gasteiger partial charge in [-0.3, -0.25) is 4.57 Å². The molecule has 96 valence electrons. The van der Waals surface area contributed by atoms with Gasteiger partial charge in [0, 0.05) is 3.57 Å². The Hall–Kier alpha value is -1.63. The molecule has 0 fully saturated rings. The summed E-state index contributed by atoms with van der Waals surface area (Å²) < 4.78 is 16.7. The molecule has 0 aliphatic carbocycles. The number of hydrogen-bond donors (Lipinski definition) is 1. The molecule has 0 radical (unpaired) electrons. The minimum absolute atomic E-state index is 0.293. The molecule has 0 atom stereocenters. The van der Waals surface area contributed by atoms with Crippen molar-refractivity contribution in [2.24, 2.45) is 0 Å². The first-order valence-electron chi connectivity index (χ1n) is 5.76. The molecule has 5 heteroatoms. The Bertz CT molecular complexity index is 780. The molecule has 3 nitrogen and oxygen atoms in total. The number of benzene rings is 2. The zero-order valence-corrected chi connectivity index (χ0v) is 12.3. The van der Waals surface area contributed by atoms with Crippen molar-refractivity contribution < 1.29 is 4.39 Å². The lowest BCUT2D eigenvalue weighted by molar-refractivity contribution is 0.619. The molecule has 19 heavy (non-hydrogen) atoms. The summed E-state index contributed by atoms with van der Waals surface area (Å²) in [6.07, 6.45) is 0. The van der Waals surface area contributed by atoms with Crippen LogP contribution in [0.5, 0.6) is 0 Å². The van der Waals surface area contributed by atoms with E-state index in [-0.39, 0.29) is 5.82 Å². The summed E-state index contributed by atoms with van der Waals surface area (Å²) in [4.78, 5) is 4.29. The van der Waals surface area contributed by atoms with Crippen LogP contribution in [0, 0.1) is 16.3 Å². The van der Waals surface area contributed by atoms with Crippen LogP contribution in [0.15, 0.2) is 36.4 Å². The van der Waals surface area contributed by atoms with E-state index in [0.29, 0.717) is 11.6 Å². The Morgan fingerprint density at radius 1 is 1.21 bits per heavy atom. The van der Waals surface area contributed by atoms with Crippen LogP contribution in [0.2, 0.25) is 0 Å². The largest absolute Gasteiger partial charge is 0.369 e. The van der Waals surface area contributed by atoms with Crippen molar-refractivity contribution >= 4 is 39.6 Å². The van der Waals surface area contributed by atoms with Gasteiger partial charge in [-0.1, -0.05) is 6.07 Å². The van der Waals surface area contributed by atoms with Crippen LogP contribution in [0.4, 0.5) is 10.3 Å². The van der Waals surface area contributed by atoms with E-state index in [9.17, 15) is 4.39 Å². The Morgan fingerprint density at radius 2 is 2.00 bits per heavy atom. The standard InChI is InChI=1S/C14H11FIN3/c1-8-2-4-10(15)13(6-8)19-12-5-3-9(16)7-11(12)18-14(19)17/h2-7H,1H3,(H2,17,18). The van der Waals surface area contributed by atoms with Gasteiger partial charge in [0.1, 0.15) is 5.82 Å². The molecule has 0 bridgehead atoms. The molecule has 2 aromatic carbocycles. The van der Waals surface area contributed by atoms with Gasteiger partial charge in [-0.2, -0.15) is 0 Å². The predicted octanol–water partition coefficient (Wildman–Crippen LogP) is 3.66. The van der Waals surface area contributed by atoms with Gasteiger partial charge in [0.05, 0.1) is 16.7 Å². The molecule has 0 aliphatic rings. The maximum atomic E-state index is 14.0. The highest BCUT2D eigenvalue weighted by Crippen LogP contribution is 2.26. The van der Waals surface area contributed by atoms with Crippen molar-refractivity contribution in [3.8, 4) is 5.69 Å². The molecular weight excluding hydrogens is 356 g/mol. The summed E-state index contributed by atoms with van der Waals surface area (Å²) in [5.41, 5.74) is 8.92. The van der Waals surface area contributed by atoms with Crippen molar-refractivity contribution in [3.63, 3.8) is 0 Å². The summed E-state index contributed by atoms with van der Waals surface area (Å²) in [6, 6.07) is 10.7. The lowest BCUT2D eigenvalue weighted by Gasteiger charge is -2.08. The number of rotatable bonds is 1. The van der Waals surface area contributed by atoms with Gasteiger partial charge in [0.25, 0.3) is 0 Å². The first-order valence-corrected chi connectivity index (χ1v) is 6.84. The molecule has 0 amide bonds. The van der Waals surface area contributed by atoms with Crippen LogP contribution in [-0.2, 0) is 0 Å². The zero-order chi connectivity index (χ0) is 13.6. The number of nitrogen functional groups attached to an aromatic ring is 1. The number of nitrogens with two attached hydrogens (primary N) is 1. The monoisotopic (exact) mass is 367 g/mol. The van der Waals surface area contributed by atoms with Crippen LogP contribution < -0.4 is 5.73 Å². The summed E-state index contributed by atoms with van der Waals surface area (Å²) in [6.45, 7) is 1.92. The average Bonchev–Trinajstić information content (AvgIpc) is 2.67. The normalized spacial score (nSPS) is 11.1. The number of aryl methyl sites for hydroxylation is 1. The molecule has 3 rings (SSSR count). The highest BCUT2D eigenvalue weighted by molar-refractivity contribution is 14.1. The molecule has 1 heterocycles. The Balaban J connectivity index is 2.36. The summed E-state index contributed by atoms with van der Waals surface area (Å²) in [5.74, 6) is -0.0170. The number of hydrogen-bond acceptors (Lipinski definition) is 2. The van der Waals surface area contributed by atoms with Crippen LogP contribution >= 0.6 is 22.6 Å². The fraction of sp³-hybridized carbons (Fsp3) is 0.0714. The second-order valence-corrected chi connectivity index (χ2v) is 5.64. The minimum atomic E-state index is -0.310. The van der Waals surface area contributed by atoms with Crippen LogP contribution in [0.1, 0.15) is 5.56 Å². The van der Waals surface area contributed by atoms with E-state index in [0.717, 1.165) is 20.2 Å². The van der Waals surface area contributed by atoms with Crippen molar-refractivity contribution in [1.29, 1.82) is 0 Å². The van der Waals surface area contributed by atoms with Crippen molar-refractivity contribution in [2.75, 3.05) is 5.73 Å². The number of fused-ring (bicyclic) bond motifs is 1. The van der Waals surface area contributed by atoms with Crippen LogP contribution in [-0.4, -0.2) is 9.55 Å². The number of anilines is 1. The topological polar surface area (TPSA) is 43.8 Å². The van der Waals surface area contributed by atoms with E-state index in [1.54, 1.807) is 16.7 Å². The third-order valence-electron chi connectivity index (χ3n) is 2.99. The van der Waals surface area contributed by atoms with Gasteiger partial charge in [-0.25, -0.2) is 9.37 Å². The third-order valence-corrected chi connectivity index (χ3v) is 3.66. The molecule has 0 spiro atoms. The van der Waals surface area contributed by atoms with Crippen molar-refractivity contribution in [2.45, 2.75) is 6.92 Å². The Kier molecular flexibility index (Phi) is 2.93. The third kappa shape index (κ3) is 2.07. The predicted molar refractivity (Wildman–Crippen MR) is 82.9 cm³/mol. The van der Waals surface area contributed by atoms with E-state index in [2.05, 4.69) is 27.6 Å². The van der Waals surface area contributed by atoms with E-state index in [1.807, 2.05) is 25.1 Å². The SMILES string of the molecule is Cc1ccc(F)c(-n2c(N)nc3cc(I)ccc32)c1. The molecule has 0 saturated heterocycles. The summed E-state index contributed by atoms with van der Waals surface area (Å²) >= 11 is 2.21. The quantitative estimate of drug-likeness (QED) is 0.668. The number of nitrogens with zero attached hydrogens (tertiary/aromatic N) is 2. The summed E-state index contributed by atoms with van der Waals surface area (Å²) in [5, 5.41) is 0. The van der Waals surface area contributed by atoms with E-state index in [4.69, 9.17) is 5.73 Å². The van der Waals surface area contributed by atoms with Gasteiger partial charge in [0.15, 0.2) is 0 Å². The lowest BCUT2D eigenvalue weighted by Crippen LogP contribution is -2.03. The maximum absolute atomic E-state index is 14.0. The zero-order valence-electron chi connectivity index (χ0n) is 10.2. The van der Waals surface area contributed by atoms with Gasteiger partial charge >= 0.3 is 0 Å². The first kappa shape index (κ1) is 12.4. The number of imidazole rings is 1. The van der Waals surface area contributed by atoms with Crippen LogP contribution in [0.25, 0.3) is 16.7 Å². The smallest absolute Gasteiger partial charge is 0.206 e. The van der Waals surface area contributed by atoms with Crippen molar-refractivity contribution in [3.05, 3.63) is 51.3 Å². The second kappa shape index (κ2) is 4.48. The van der Waals surface area contributed by atoms with Crippen LogP contribution in [0.3, 0.4) is 0 Å². The highest BCUT2D eigenvalue weighted by Gasteiger charge is 2.13. The molecule has 1 aromatic heterocycles. The average molecular weight is 367 g/mol. The number of halogens is 2. The van der Waals surface area contributed by atoms with Gasteiger partial charge in [-0.15, -0.1) is 0 Å². The molecule has 2 N–H and O–H groups in total. The van der Waals surface area contributed by atoms with Gasteiger partial charge in [-0.05, 0) is 65.4 Å². The number of aromatic nitrogens is 2. The van der Waals surface area contributed by atoms with Gasteiger partial charge < -0.3 is 5.73 Å². The fourth-order valence-corrected chi connectivity index (χ4v) is 2.59. The highest BCUT2D eigenvalue weighted by atomic mass is 127. The molecule has 0 saturated carbocycles. The van der Waals surface area contributed by atoms with Crippen molar-refractivity contribution in [1.82, 2.24) is 9.55 Å². The maximum Gasteiger partial charge on any atom is 0.206 e. The molecular formula is C14H11FIN3. The molecule has 0 unspecified atom stereocenters. The fourth-order valence-electron chi connectivity index (χ4n) is 2.12. The van der Waals surface area contributed by atoms with E-state index >= 15 is 0 Å². The van der Waals surface area contributed by atoms with Gasteiger partial charge in [0.2, 0.25) is 5.95 Å². The molecule has 3 aromatic rings. The molecule has 0 aliphatic heterocycles. The lowest BCUT2D eigenvalue weighted by atomic mass is 10.2.